The number of rotatable bonds is 3. The number of halogens is 1. The van der Waals surface area contributed by atoms with E-state index < -0.39 is 12.0 Å². The summed E-state index contributed by atoms with van der Waals surface area (Å²) in [6.07, 6.45) is 1.89. The van der Waals surface area contributed by atoms with Crippen molar-refractivity contribution in [2.24, 2.45) is 5.92 Å². The van der Waals surface area contributed by atoms with Crippen LogP contribution in [0.5, 0.6) is 0 Å². The Labute approximate surface area is 102 Å². The second kappa shape index (κ2) is 7.46. The third-order valence-corrected chi connectivity index (χ3v) is 2.58. The summed E-state index contributed by atoms with van der Waals surface area (Å²) in [5.41, 5.74) is 0. The lowest BCUT2D eigenvalue weighted by molar-refractivity contribution is -0.145. The fourth-order valence-electron chi connectivity index (χ4n) is 1.64. The molecule has 1 aliphatic heterocycles. The quantitative estimate of drug-likeness (QED) is 0.697. The first kappa shape index (κ1) is 15.2. The zero-order valence-corrected chi connectivity index (χ0v) is 10.4. The summed E-state index contributed by atoms with van der Waals surface area (Å²) in [6, 6.07) is -0.565. The highest BCUT2D eigenvalue weighted by Gasteiger charge is 2.24. The Balaban J connectivity index is 0.00000225. The Morgan fingerprint density at radius 3 is 2.69 bits per heavy atom. The van der Waals surface area contributed by atoms with Crippen LogP contribution in [0.3, 0.4) is 0 Å². The molecule has 16 heavy (non-hydrogen) atoms. The summed E-state index contributed by atoms with van der Waals surface area (Å²) in [7, 11) is 1.31. The van der Waals surface area contributed by atoms with E-state index >= 15 is 0 Å². The van der Waals surface area contributed by atoms with E-state index in [-0.39, 0.29) is 24.2 Å². The highest BCUT2D eigenvalue weighted by Crippen LogP contribution is 2.09. The number of hydrogen-bond donors (Lipinski definition) is 2. The van der Waals surface area contributed by atoms with Gasteiger partial charge in [0.1, 0.15) is 6.04 Å². The van der Waals surface area contributed by atoms with Gasteiger partial charge in [-0.3, -0.25) is 4.79 Å². The van der Waals surface area contributed by atoms with Crippen molar-refractivity contribution in [1.82, 2.24) is 10.6 Å². The van der Waals surface area contributed by atoms with Crippen molar-refractivity contribution in [3.63, 3.8) is 0 Å². The van der Waals surface area contributed by atoms with Crippen LogP contribution < -0.4 is 10.6 Å². The molecule has 1 amide bonds. The van der Waals surface area contributed by atoms with Crippen LogP contribution in [0.15, 0.2) is 0 Å². The molecular weight excluding hydrogens is 232 g/mol. The van der Waals surface area contributed by atoms with Gasteiger partial charge in [-0.1, -0.05) is 0 Å². The smallest absolute Gasteiger partial charge is 0.328 e. The van der Waals surface area contributed by atoms with Gasteiger partial charge in [-0.15, -0.1) is 12.4 Å². The van der Waals surface area contributed by atoms with Gasteiger partial charge in [0.2, 0.25) is 5.91 Å². The Morgan fingerprint density at radius 1 is 1.50 bits per heavy atom. The molecule has 2 atom stereocenters. The normalized spacial score (nSPS) is 21.5. The van der Waals surface area contributed by atoms with Gasteiger partial charge in [0.05, 0.1) is 13.0 Å². The lowest BCUT2D eigenvalue weighted by Crippen LogP contribution is -2.46. The van der Waals surface area contributed by atoms with E-state index in [1.54, 1.807) is 6.92 Å². The standard InChI is InChI=1S/C10H18N2O3.ClH/c1-7(10(14)15-2)12-9(13)8-4-3-5-11-6-8;/h7-8,11H,3-6H2,1-2H3,(H,12,13);1H/t7-,8?;/m0./s1. The molecule has 94 valence electrons. The summed E-state index contributed by atoms with van der Waals surface area (Å²) in [6.45, 7) is 3.29. The van der Waals surface area contributed by atoms with E-state index in [0.29, 0.717) is 6.54 Å². The molecule has 0 aromatic carbocycles. The van der Waals surface area contributed by atoms with Gasteiger partial charge in [0, 0.05) is 6.54 Å². The number of nitrogens with one attached hydrogen (secondary N) is 2. The zero-order chi connectivity index (χ0) is 11.3. The number of carbonyl (C=O) groups is 2. The van der Waals surface area contributed by atoms with Crippen molar-refractivity contribution in [2.45, 2.75) is 25.8 Å². The van der Waals surface area contributed by atoms with Crippen LogP contribution in [0.25, 0.3) is 0 Å². The third kappa shape index (κ3) is 4.37. The van der Waals surface area contributed by atoms with E-state index in [1.165, 1.54) is 7.11 Å². The van der Waals surface area contributed by atoms with Crippen molar-refractivity contribution in [2.75, 3.05) is 20.2 Å². The fourth-order valence-corrected chi connectivity index (χ4v) is 1.64. The number of esters is 1. The van der Waals surface area contributed by atoms with Crippen molar-refractivity contribution in [3.8, 4) is 0 Å². The highest BCUT2D eigenvalue weighted by molar-refractivity contribution is 5.85. The number of ether oxygens (including phenoxy) is 1. The minimum Gasteiger partial charge on any atom is -0.467 e. The van der Waals surface area contributed by atoms with Gasteiger partial charge >= 0.3 is 5.97 Å². The molecule has 1 unspecified atom stereocenters. The number of amides is 1. The predicted octanol–water partition coefficient (Wildman–Crippen LogP) is 0.0855. The molecule has 0 bridgehead atoms. The van der Waals surface area contributed by atoms with Crippen LogP contribution in [0.1, 0.15) is 19.8 Å². The largest absolute Gasteiger partial charge is 0.467 e. The SMILES string of the molecule is COC(=O)[C@H](C)NC(=O)C1CCCNC1.Cl. The molecule has 6 heteroatoms. The number of piperidine rings is 1. The molecule has 1 fully saturated rings. The highest BCUT2D eigenvalue weighted by atomic mass is 35.5. The molecule has 1 saturated heterocycles. The van der Waals surface area contributed by atoms with E-state index in [1.807, 2.05) is 0 Å². The molecule has 0 aromatic rings. The summed E-state index contributed by atoms with van der Waals surface area (Å²) >= 11 is 0. The average Bonchev–Trinajstić information content (AvgIpc) is 2.29. The van der Waals surface area contributed by atoms with Gasteiger partial charge in [0.15, 0.2) is 0 Å². The van der Waals surface area contributed by atoms with Gasteiger partial charge < -0.3 is 15.4 Å². The summed E-state index contributed by atoms with van der Waals surface area (Å²) in [4.78, 5) is 22.7. The third-order valence-electron chi connectivity index (χ3n) is 2.58. The van der Waals surface area contributed by atoms with Gasteiger partial charge in [-0.2, -0.15) is 0 Å². The number of hydrogen-bond acceptors (Lipinski definition) is 4. The van der Waals surface area contributed by atoms with Gasteiger partial charge in [0.25, 0.3) is 0 Å². The Hall–Kier alpha value is -0.810. The molecular formula is C10H19ClN2O3. The number of methoxy groups -OCH3 is 1. The Bertz CT molecular complexity index is 242. The summed E-state index contributed by atoms with van der Waals surface area (Å²) in [5.74, 6) is -0.502. The van der Waals surface area contributed by atoms with Crippen molar-refractivity contribution >= 4 is 24.3 Å². The first-order valence-electron chi connectivity index (χ1n) is 5.24. The minimum atomic E-state index is -0.565. The summed E-state index contributed by atoms with van der Waals surface area (Å²) < 4.78 is 4.53. The second-order valence-corrected chi connectivity index (χ2v) is 3.80. The van der Waals surface area contributed by atoms with Crippen LogP contribution in [0, 0.1) is 5.92 Å². The lowest BCUT2D eigenvalue weighted by atomic mass is 9.98. The molecule has 0 radical (unpaired) electrons. The Kier molecular flexibility index (Phi) is 7.08. The first-order chi connectivity index (χ1) is 7.15. The molecule has 0 saturated carbocycles. The lowest BCUT2D eigenvalue weighted by Gasteiger charge is -2.23. The molecule has 0 spiro atoms. The van der Waals surface area contributed by atoms with Gasteiger partial charge in [-0.05, 0) is 26.3 Å². The molecule has 0 aromatic heterocycles. The molecule has 2 N–H and O–H groups in total. The van der Waals surface area contributed by atoms with Crippen LogP contribution in [-0.2, 0) is 14.3 Å². The van der Waals surface area contributed by atoms with Crippen LogP contribution in [-0.4, -0.2) is 38.1 Å². The molecule has 5 nitrogen and oxygen atoms in total. The maximum atomic E-state index is 11.7. The van der Waals surface area contributed by atoms with Crippen LogP contribution >= 0.6 is 12.4 Å². The molecule has 1 aliphatic rings. The zero-order valence-electron chi connectivity index (χ0n) is 9.62. The van der Waals surface area contributed by atoms with Crippen LogP contribution in [0.2, 0.25) is 0 Å². The van der Waals surface area contributed by atoms with Crippen molar-refractivity contribution < 1.29 is 14.3 Å². The van der Waals surface area contributed by atoms with Crippen LogP contribution in [0.4, 0.5) is 0 Å². The molecule has 1 rings (SSSR count). The summed E-state index contributed by atoms with van der Waals surface area (Å²) in [5, 5.41) is 5.80. The second-order valence-electron chi connectivity index (χ2n) is 3.80. The monoisotopic (exact) mass is 250 g/mol. The topological polar surface area (TPSA) is 67.4 Å². The maximum Gasteiger partial charge on any atom is 0.328 e. The number of carbonyl (C=O) groups excluding carboxylic acids is 2. The van der Waals surface area contributed by atoms with Crippen molar-refractivity contribution in [3.05, 3.63) is 0 Å². The predicted molar refractivity (Wildman–Crippen MR) is 62.5 cm³/mol. The first-order valence-corrected chi connectivity index (χ1v) is 5.24. The average molecular weight is 251 g/mol. The van der Waals surface area contributed by atoms with E-state index in [2.05, 4.69) is 15.4 Å². The van der Waals surface area contributed by atoms with E-state index in [0.717, 1.165) is 19.4 Å². The molecule has 1 heterocycles. The van der Waals surface area contributed by atoms with Crippen molar-refractivity contribution in [1.29, 1.82) is 0 Å². The van der Waals surface area contributed by atoms with E-state index in [4.69, 9.17) is 0 Å². The Morgan fingerprint density at radius 2 is 2.19 bits per heavy atom. The molecule has 0 aliphatic carbocycles. The van der Waals surface area contributed by atoms with E-state index in [9.17, 15) is 9.59 Å². The fraction of sp³-hybridized carbons (Fsp3) is 0.800. The van der Waals surface area contributed by atoms with Gasteiger partial charge in [-0.25, -0.2) is 4.79 Å². The maximum absolute atomic E-state index is 11.7. The minimum absolute atomic E-state index is 0.